The number of carboxylic acid groups (broad SMARTS) is 1. The van der Waals surface area contributed by atoms with Crippen molar-refractivity contribution in [2.45, 2.75) is 24.8 Å². The highest BCUT2D eigenvalue weighted by Gasteiger charge is 2.30. The van der Waals surface area contributed by atoms with Gasteiger partial charge in [-0.25, -0.2) is 4.79 Å². The molecule has 4 heteroatoms. The summed E-state index contributed by atoms with van der Waals surface area (Å²) in [6.07, 6.45) is 1.99. The molecule has 108 valence electrons. The monoisotopic (exact) mass is 301 g/mol. The van der Waals surface area contributed by atoms with Crippen molar-refractivity contribution in [1.29, 1.82) is 0 Å². The molecule has 0 heterocycles. The SMILES string of the molecule is O=C(O)c1ccccc1NC1CC(c2cccc(Cl)c2)C1. The Balaban J connectivity index is 1.64. The molecule has 2 N–H and O–H groups in total. The summed E-state index contributed by atoms with van der Waals surface area (Å²) in [6.45, 7) is 0. The number of hydrogen-bond donors (Lipinski definition) is 2. The van der Waals surface area contributed by atoms with Crippen LogP contribution in [-0.4, -0.2) is 17.1 Å². The Bertz CT molecular complexity index is 665. The summed E-state index contributed by atoms with van der Waals surface area (Å²) in [6, 6.07) is 15.3. The lowest BCUT2D eigenvalue weighted by molar-refractivity contribution is 0.0698. The Morgan fingerprint density at radius 1 is 1.14 bits per heavy atom. The van der Waals surface area contributed by atoms with E-state index in [2.05, 4.69) is 11.4 Å². The number of anilines is 1. The molecule has 3 nitrogen and oxygen atoms in total. The highest BCUT2D eigenvalue weighted by Crippen LogP contribution is 2.39. The van der Waals surface area contributed by atoms with Crippen molar-refractivity contribution in [3.05, 3.63) is 64.7 Å². The number of para-hydroxylation sites is 1. The van der Waals surface area contributed by atoms with Crippen molar-refractivity contribution >= 4 is 23.3 Å². The number of carboxylic acids is 1. The molecule has 0 unspecified atom stereocenters. The zero-order chi connectivity index (χ0) is 14.8. The van der Waals surface area contributed by atoms with Crippen LogP contribution in [0.2, 0.25) is 5.02 Å². The molecule has 1 aliphatic rings. The Kier molecular flexibility index (Phi) is 3.84. The van der Waals surface area contributed by atoms with Crippen LogP contribution in [0.5, 0.6) is 0 Å². The molecule has 1 aliphatic carbocycles. The molecule has 0 bridgehead atoms. The minimum Gasteiger partial charge on any atom is -0.478 e. The maximum atomic E-state index is 11.2. The summed E-state index contributed by atoms with van der Waals surface area (Å²) in [4.78, 5) is 11.2. The number of hydrogen-bond acceptors (Lipinski definition) is 2. The number of rotatable bonds is 4. The largest absolute Gasteiger partial charge is 0.478 e. The molecule has 0 aliphatic heterocycles. The molecule has 0 spiro atoms. The van der Waals surface area contributed by atoms with Crippen molar-refractivity contribution < 1.29 is 9.90 Å². The average molecular weight is 302 g/mol. The van der Waals surface area contributed by atoms with E-state index in [0.717, 1.165) is 17.9 Å². The van der Waals surface area contributed by atoms with Gasteiger partial charge in [-0.3, -0.25) is 0 Å². The van der Waals surface area contributed by atoms with Crippen LogP contribution in [-0.2, 0) is 0 Å². The molecule has 1 fully saturated rings. The number of carbonyl (C=O) groups is 1. The van der Waals surface area contributed by atoms with Gasteiger partial charge >= 0.3 is 5.97 Å². The molecular weight excluding hydrogens is 286 g/mol. The average Bonchev–Trinajstić information content (AvgIpc) is 2.42. The highest BCUT2D eigenvalue weighted by molar-refractivity contribution is 6.30. The van der Waals surface area contributed by atoms with E-state index < -0.39 is 5.97 Å². The molecule has 0 aromatic heterocycles. The first-order valence-corrected chi connectivity index (χ1v) is 7.35. The van der Waals surface area contributed by atoms with Crippen LogP contribution in [0, 0.1) is 0 Å². The second-order valence-corrected chi connectivity index (χ2v) is 5.85. The lowest BCUT2D eigenvalue weighted by atomic mass is 9.76. The second kappa shape index (κ2) is 5.78. The summed E-state index contributed by atoms with van der Waals surface area (Å²) >= 11 is 6.01. The van der Waals surface area contributed by atoms with E-state index in [-0.39, 0.29) is 0 Å². The quantitative estimate of drug-likeness (QED) is 0.880. The van der Waals surface area contributed by atoms with Crippen LogP contribution in [0.25, 0.3) is 0 Å². The van der Waals surface area contributed by atoms with Crippen LogP contribution in [0.1, 0.15) is 34.7 Å². The van der Waals surface area contributed by atoms with Gasteiger partial charge in [0, 0.05) is 16.8 Å². The Hall–Kier alpha value is -2.00. The Labute approximate surface area is 128 Å². The van der Waals surface area contributed by atoms with E-state index in [1.165, 1.54) is 5.56 Å². The maximum Gasteiger partial charge on any atom is 0.337 e. The minimum atomic E-state index is -0.899. The minimum absolute atomic E-state index is 0.314. The van der Waals surface area contributed by atoms with Gasteiger partial charge in [-0.15, -0.1) is 0 Å². The third-order valence-electron chi connectivity index (χ3n) is 3.98. The van der Waals surface area contributed by atoms with E-state index in [0.29, 0.717) is 23.2 Å². The predicted octanol–water partition coefficient (Wildman–Crippen LogP) is 4.40. The van der Waals surface area contributed by atoms with E-state index in [1.54, 1.807) is 12.1 Å². The maximum absolute atomic E-state index is 11.2. The summed E-state index contributed by atoms with van der Waals surface area (Å²) in [5, 5.41) is 13.3. The molecule has 21 heavy (non-hydrogen) atoms. The van der Waals surface area contributed by atoms with Gasteiger partial charge in [-0.1, -0.05) is 35.9 Å². The molecule has 0 radical (unpaired) electrons. The van der Waals surface area contributed by atoms with Crippen LogP contribution in [0.3, 0.4) is 0 Å². The zero-order valence-electron chi connectivity index (χ0n) is 11.4. The molecule has 2 aromatic rings. The normalized spacial score (nSPS) is 20.6. The molecule has 0 saturated heterocycles. The lowest BCUT2D eigenvalue weighted by Crippen LogP contribution is -2.34. The summed E-state index contributed by atoms with van der Waals surface area (Å²) in [5.41, 5.74) is 2.27. The molecule has 3 rings (SSSR count). The van der Waals surface area contributed by atoms with Gasteiger partial charge in [-0.2, -0.15) is 0 Å². The van der Waals surface area contributed by atoms with E-state index >= 15 is 0 Å². The van der Waals surface area contributed by atoms with Gasteiger partial charge in [0.25, 0.3) is 0 Å². The van der Waals surface area contributed by atoms with Crippen LogP contribution in [0.4, 0.5) is 5.69 Å². The number of aromatic carboxylic acids is 1. The summed E-state index contributed by atoms with van der Waals surface area (Å²) in [5.74, 6) is -0.401. The van der Waals surface area contributed by atoms with Gasteiger partial charge < -0.3 is 10.4 Å². The smallest absolute Gasteiger partial charge is 0.337 e. The summed E-state index contributed by atoms with van der Waals surface area (Å²) < 4.78 is 0. The van der Waals surface area contributed by atoms with Crippen LogP contribution < -0.4 is 5.32 Å². The van der Waals surface area contributed by atoms with Crippen LogP contribution in [0.15, 0.2) is 48.5 Å². The van der Waals surface area contributed by atoms with Crippen molar-refractivity contribution in [3.63, 3.8) is 0 Å². The molecule has 1 saturated carbocycles. The topological polar surface area (TPSA) is 49.3 Å². The Morgan fingerprint density at radius 3 is 2.62 bits per heavy atom. The van der Waals surface area contributed by atoms with Crippen molar-refractivity contribution in [2.24, 2.45) is 0 Å². The fourth-order valence-corrected chi connectivity index (χ4v) is 2.98. The summed E-state index contributed by atoms with van der Waals surface area (Å²) in [7, 11) is 0. The van der Waals surface area contributed by atoms with Gasteiger partial charge in [0.05, 0.1) is 5.56 Å². The lowest BCUT2D eigenvalue weighted by Gasteiger charge is -2.37. The first-order valence-electron chi connectivity index (χ1n) is 6.98. The predicted molar refractivity (Wildman–Crippen MR) is 84.2 cm³/mol. The zero-order valence-corrected chi connectivity index (χ0v) is 12.2. The van der Waals surface area contributed by atoms with E-state index in [9.17, 15) is 9.90 Å². The fraction of sp³-hybridized carbons (Fsp3) is 0.235. The third-order valence-corrected chi connectivity index (χ3v) is 4.21. The molecular formula is C17H16ClNO2. The molecule has 0 amide bonds. The number of benzene rings is 2. The highest BCUT2D eigenvalue weighted by atomic mass is 35.5. The molecule has 2 aromatic carbocycles. The third kappa shape index (κ3) is 3.03. The van der Waals surface area contributed by atoms with Gasteiger partial charge in [0.1, 0.15) is 0 Å². The van der Waals surface area contributed by atoms with E-state index in [1.807, 2.05) is 30.3 Å². The first kappa shape index (κ1) is 14.0. The fourth-order valence-electron chi connectivity index (χ4n) is 2.78. The van der Waals surface area contributed by atoms with Gasteiger partial charge in [0.15, 0.2) is 0 Å². The van der Waals surface area contributed by atoms with Crippen molar-refractivity contribution in [1.82, 2.24) is 0 Å². The Morgan fingerprint density at radius 2 is 1.90 bits per heavy atom. The number of halogens is 1. The number of nitrogens with one attached hydrogen (secondary N) is 1. The first-order chi connectivity index (χ1) is 10.1. The van der Waals surface area contributed by atoms with Gasteiger partial charge in [-0.05, 0) is 48.6 Å². The van der Waals surface area contributed by atoms with Crippen molar-refractivity contribution in [3.8, 4) is 0 Å². The second-order valence-electron chi connectivity index (χ2n) is 5.42. The van der Waals surface area contributed by atoms with E-state index in [4.69, 9.17) is 11.6 Å². The molecule has 0 atom stereocenters. The van der Waals surface area contributed by atoms with Gasteiger partial charge in [0.2, 0.25) is 0 Å². The van der Waals surface area contributed by atoms with Crippen LogP contribution >= 0.6 is 11.6 Å². The standard InChI is InChI=1S/C17H16ClNO2/c18-13-5-3-4-11(8-13)12-9-14(10-12)19-16-7-2-1-6-15(16)17(20)21/h1-8,12,14,19H,9-10H2,(H,20,21). The van der Waals surface area contributed by atoms with Crippen molar-refractivity contribution in [2.75, 3.05) is 5.32 Å².